The zero-order chi connectivity index (χ0) is 13.1. The van der Waals surface area contributed by atoms with Gasteiger partial charge in [-0.15, -0.1) is 0 Å². The molecule has 1 amide bonds. The summed E-state index contributed by atoms with van der Waals surface area (Å²) in [6, 6.07) is 8.43. The number of halogens is 2. The van der Waals surface area contributed by atoms with Gasteiger partial charge in [0.2, 0.25) is 0 Å². The van der Waals surface area contributed by atoms with E-state index in [9.17, 15) is 4.79 Å². The molecule has 18 heavy (non-hydrogen) atoms. The largest absolute Gasteiger partial charge is 0.322 e. The Kier molecular flexibility index (Phi) is 3.84. The second-order valence-electron chi connectivity index (χ2n) is 3.78. The summed E-state index contributed by atoms with van der Waals surface area (Å²) < 4.78 is 0. The monoisotopic (exact) mass is 280 g/mol. The lowest BCUT2D eigenvalue weighted by Gasteiger charge is -2.08. The van der Waals surface area contributed by atoms with Crippen LogP contribution < -0.4 is 5.32 Å². The van der Waals surface area contributed by atoms with Crippen molar-refractivity contribution in [3.05, 3.63) is 57.8 Å². The van der Waals surface area contributed by atoms with Crippen molar-refractivity contribution in [2.45, 2.75) is 6.92 Å². The summed E-state index contributed by atoms with van der Waals surface area (Å²) in [6.45, 7) is 1.89. The van der Waals surface area contributed by atoms with Crippen LogP contribution in [0, 0.1) is 6.92 Å². The van der Waals surface area contributed by atoms with E-state index in [0.29, 0.717) is 16.3 Å². The molecule has 92 valence electrons. The number of nitrogens with one attached hydrogen (secondary N) is 1. The Bertz CT molecular complexity index is 599. The molecule has 5 heteroatoms. The fraction of sp³-hybridized carbons (Fsp3) is 0.0769. The minimum atomic E-state index is -0.246. The van der Waals surface area contributed by atoms with Crippen LogP contribution in [0.2, 0.25) is 10.2 Å². The van der Waals surface area contributed by atoms with Crippen LogP contribution in [0.3, 0.4) is 0 Å². The number of carbonyl (C=O) groups excluding carboxylic acids is 1. The molecule has 0 fully saturated rings. The van der Waals surface area contributed by atoms with Crippen LogP contribution >= 0.6 is 23.2 Å². The van der Waals surface area contributed by atoms with E-state index < -0.39 is 0 Å². The molecule has 0 aliphatic rings. The SMILES string of the molecule is Cc1ccc(Cl)cc1NC(=O)c1ccnc(Cl)c1. The average molecular weight is 281 g/mol. The van der Waals surface area contributed by atoms with Crippen LogP contribution in [0.25, 0.3) is 0 Å². The highest BCUT2D eigenvalue weighted by Crippen LogP contribution is 2.21. The molecule has 3 nitrogen and oxygen atoms in total. The lowest BCUT2D eigenvalue weighted by atomic mass is 10.2. The normalized spacial score (nSPS) is 10.2. The Morgan fingerprint density at radius 1 is 1.22 bits per heavy atom. The first-order chi connectivity index (χ1) is 8.56. The van der Waals surface area contributed by atoms with Crippen LogP contribution in [0.4, 0.5) is 5.69 Å². The average Bonchev–Trinajstić information content (AvgIpc) is 2.34. The Labute approximate surface area is 115 Å². The van der Waals surface area contributed by atoms with Gasteiger partial charge in [0.25, 0.3) is 5.91 Å². The molecule has 1 aromatic carbocycles. The summed E-state index contributed by atoms with van der Waals surface area (Å²) >= 11 is 11.6. The number of hydrogen-bond acceptors (Lipinski definition) is 2. The van der Waals surface area contributed by atoms with Gasteiger partial charge in [-0.05, 0) is 36.8 Å². The summed E-state index contributed by atoms with van der Waals surface area (Å²) in [6.07, 6.45) is 1.49. The molecule has 0 aliphatic heterocycles. The zero-order valence-electron chi connectivity index (χ0n) is 9.58. The van der Waals surface area contributed by atoms with Crippen molar-refractivity contribution in [2.24, 2.45) is 0 Å². The molecule has 1 heterocycles. The molecule has 0 spiro atoms. The lowest BCUT2D eigenvalue weighted by molar-refractivity contribution is 0.102. The van der Waals surface area contributed by atoms with Crippen molar-refractivity contribution in [3.8, 4) is 0 Å². The van der Waals surface area contributed by atoms with Gasteiger partial charge < -0.3 is 5.32 Å². The molecule has 0 saturated carbocycles. The summed E-state index contributed by atoms with van der Waals surface area (Å²) in [5.74, 6) is -0.246. The van der Waals surface area contributed by atoms with Gasteiger partial charge in [-0.25, -0.2) is 4.98 Å². The molecule has 0 bridgehead atoms. The number of nitrogens with zero attached hydrogens (tertiary/aromatic N) is 1. The van der Waals surface area contributed by atoms with Crippen molar-refractivity contribution in [1.29, 1.82) is 0 Å². The number of carbonyl (C=O) groups is 1. The molecule has 0 aliphatic carbocycles. The minimum absolute atomic E-state index is 0.246. The summed E-state index contributed by atoms with van der Waals surface area (Å²) in [4.78, 5) is 15.8. The van der Waals surface area contributed by atoms with Crippen LogP contribution in [-0.4, -0.2) is 10.9 Å². The molecule has 1 N–H and O–H groups in total. The Balaban J connectivity index is 2.24. The van der Waals surface area contributed by atoms with E-state index in [0.717, 1.165) is 5.56 Å². The standard InChI is InChI=1S/C13H10Cl2N2O/c1-8-2-3-10(14)7-11(8)17-13(18)9-4-5-16-12(15)6-9/h2-7H,1H3,(H,17,18). The van der Waals surface area contributed by atoms with E-state index in [4.69, 9.17) is 23.2 Å². The zero-order valence-corrected chi connectivity index (χ0v) is 11.1. The second kappa shape index (κ2) is 5.38. The molecule has 0 unspecified atom stereocenters. The third-order valence-electron chi connectivity index (χ3n) is 2.44. The predicted octanol–water partition coefficient (Wildman–Crippen LogP) is 3.95. The summed E-state index contributed by atoms with van der Waals surface area (Å²) in [5, 5.41) is 3.64. The smallest absolute Gasteiger partial charge is 0.255 e. The number of aryl methyl sites for hydroxylation is 1. The number of pyridine rings is 1. The topological polar surface area (TPSA) is 42.0 Å². The number of aromatic nitrogens is 1. The van der Waals surface area contributed by atoms with Crippen molar-refractivity contribution in [3.63, 3.8) is 0 Å². The van der Waals surface area contributed by atoms with Gasteiger partial charge in [0, 0.05) is 22.5 Å². The minimum Gasteiger partial charge on any atom is -0.322 e. The second-order valence-corrected chi connectivity index (χ2v) is 4.60. The fourth-order valence-corrected chi connectivity index (χ4v) is 1.81. The third kappa shape index (κ3) is 3.00. The van der Waals surface area contributed by atoms with E-state index in [2.05, 4.69) is 10.3 Å². The van der Waals surface area contributed by atoms with Crippen LogP contribution in [0.1, 0.15) is 15.9 Å². The van der Waals surface area contributed by atoms with Gasteiger partial charge in [0.15, 0.2) is 0 Å². The molecule has 0 saturated heterocycles. The van der Waals surface area contributed by atoms with Crippen molar-refractivity contribution in [2.75, 3.05) is 5.32 Å². The highest BCUT2D eigenvalue weighted by molar-refractivity contribution is 6.31. The van der Waals surface area contributed by atoms with E-state index in [1.807, 2.05) is 13.0 Å². The number of rotatable bonds is 2. The number of benzene rings is 1. The third-order valence-corrected chi connectivity index (χ3v) is 2.88. The highest BCUT2D eigenvalue weighted by Gasteiger charge is 2.08. The van der Waals surface area contributed by atoms with Gasteiger partial charge in [-0.3, -0.25) is 4.79 Å². The number of anilines is 1. The number of hydrogen-bond donors (Lipinski definition) is 1. The van der Waals surface area contributed by atoms with Crippen molar-refractivity contribution < 1.29 is 4.79 Å². The molecular weight excluding hydrogens is 271 g/mol. The van der Waals surface area contributed by atoms with Gasteiger partial charge in [-0.2, -0.15) is 0 Å². The summed E-state index contributed by atoms with van der Waals surface area (Å²) in [7, 11) is 0. The Morgan fingerprint density at radius 3 is 2.72 bits per heavy atom. The highest BCUT2D eigenvalue weighted by atomic mass is 35.5. The van der Waals surface area contributed by atoms with Gasteiger partial charge in [0.1, 0.15) is 5.15 Å². The predicted molar refractivity (Wildman–Crippen MR) is 73.4 cm³/mol. The molecule has 1 aromatic heterocycles. The quantitative estimate of drug-likeness (QED) is 0.847. The van der Waals surface area contributed by atoms with Crippen molar-refractivity contribution in [1.82, 2.24) is 4.98 Å². The molecule has 0 radical (unpaired) electrons. The Hall–Kier alpha value is -1.58. The van der Waals surface area contributed by atoms with E-state index in [-0.39, 0.29) is 11.1 Å². The van der Waals surface area contributed by atoms with E-state index in [1.165, 1.54) is 12.3 Å². The van der Waals surface area contributed by atoms with Crippen molar-refractivity contribution >= 4 is 34.8 Å². The van der Waals surface area contributed by atoms with Crippen LogP contribution in [-0.2, 0) is 0 Å². The van der Waals surface area contributed by atoms with Gasteiger partial charge in [0.05, 0.1) is 0 Å². The first-order valence-electron chi connectivity index (χ1n) is 5.25. The van der Waals surface area contributed by atoms with Crippen LogP contribution in [0.5, 0.6) is 0 Å². The number of amides is 1. The van der Waals surface area contributed by atoms with Gasteiger partial charge in [-0.1, -0.05) is 29.3 Å². The maximum absolute atomic E-state index is 12.0. The first-order valence-corrected chi connectivity index (χ1v) is 6.01. The van der Waals surface area contributed by atoms with E-state index >= 15 is 0 Å². The van der Waals surface area contributed by atoms with Gasteiger partial charge >= 0.3 is 0 Å². The maximum atomic E-state index is 12.0. The molecule has 2 rings (SSSR count). The van der Waals surface area contributed by atoms with E-state index in [1.54, 1.807) is 18.2 Å². The Morgan fingerprint density at radius 2 is 2.00 bits per heavy atom. The molecular formula is C13H10Cl2N2O. The molecule has 0 atom stereocenters. The lowest BCUT2D eigenvalue weighted by Crippen LogP contribution is -2.12. The maximum Gasteiger partial charge on any atom is 0.255 e. The summed E-state index contributed by atoms with van der Waals surface area (Å²) in [5.41, 5.74) is 2.07. The molecule has 2 aromatic rings. The fourth-order valence-electron chi connectivity index (χ4n) is 1.47. The first kappa shape index (κ1) is 12.9. The van der Waals surface area contributed by atoms with Crippen LogP contribution in [0.15, 0.2) is 36.5 Å².